The maximum absolute atomic E-state index is 7.00. The second kappa shape index (κ2) is 15.2. The van der Waals surface area contributed by atoms with Crippen molar-refractivity contribution in [2.45, 2.75) is 18.8 Å². The Balaban J connectivity index is 0.913. The summed E-state index contributed by atoms with van der Waals surface area (Å²) in [5, 5.41) is 4.95. The summed E-state index contributed by atoms with van der Waals surface area (Å²) in [6, 6.07) is 83.8. The minimum absolute atomic E-state index is 0.208. The fourth-order valence-corrected chi connectivity index (χ4v) is 10.5. The molecule has 13 rings (SSSR count). The number of para-hydroxylation sites is 4. The fourth-order valence-electron chi connectivity index (χ4n) is 10.5. The number of benzene rings is 10. The number of rotatable bonds is 8. The lowest BCUT2D eigenvalue weighted by Crippen LogP contribution is -2.26. The second-order valence-corrected chi connectivity index (χ2v) is 17.3. The van der Waals surface area contributed by atoms with Crippen LogP contribution in [0.25, 0.3) is 49.4 Å². The van der Waals surface area contributed by atoms with E-state index in [1.807, 2.05) is 0 Å². The van der Waals surface area contributed by atoms with Crippen LogP contribution in [0.5, 0.6) is 11.5 Å². The van der Waals surface area contributed by atoms with Crippen molar-refractivity contribution in [1.29, 1.82) is 0 Å². The molecule has 0 N–H and O–H groups in total. The van der Waals surface area contributed by atoms with Gasteiger partial charge in [-0.25, -0.2) is 0 Å². The molecule has 0 saturated carbocycles. The van der Waals surface area contributed by atoms with Gasteiger partial charge in [-0.1, -0.05) is 158 Å². The summed E-state index contributed by atoms with van der Waals surface area (Å²) < 4.78 is 9.40. The van der Waals surface area contributed by atoms with Crippen LogP contribution < -0.4 is 14.5 Å². The molecule has 3 heterocycles. The van der Waals surface area contributed by atoms with Crippen molar-refractivity contribution in [2.24, 2.45) is 0 Å². The summed E-state index contributed by atoms with van der Waals surface area (Å²) >= 11 is 0. The molecule has 0 saturated heterocycles. The van der Waals surface area contributed by atoms with Crippen molar-refractivity contribution in [3.8, 4) is 28.3 Å². The summed E-state index contributed by atoms with van der Waals surface area (Å²) in [5.74, 6) is 1.93. The van der Waals surface area contributed by atoms with E-state index in [0.717, 1.165) is 58.5 Å². The van der Waals surface area contributed by atoms with Crippen LogP contribution in [-0.2, 0) is 12.8 Å². The van der Waals surface area contributed by atoms with Gasteiger partial charge >= 0.3 is 0 Å². The van der Waals surface area contributed by atoms with E-state index < -0.39 is 0 Å². The molecule has 10 aromatic carbocycles. The average molecular weight is 834 g/mol. The van der Waals surface area contributed by atoms with E-state index in [2.05, 4.69) is 245 Å². The SMILES string of the molecule is c1ccc(-c2ccc([C@@H](Cc3ccc4c(c3)Oc3cccc5c3N4c3c(ccc4ccccc34)N5c3ccccc3)Cc3ccc4c(c3)c3ccccc3n4-c3ccccc3)cc2)cc1. The first-order valence-electron chi connectivity index (χ1n) is 22.6. The zero-order chi connectivity index (χ0) is 42.8. The summed E-state index contributed by atoms with van der Waals surface area (Å²) in [6.07, 6.45) is 1.73. The first-order chi connectivity index (χ1) is 32.2. The van der Waals surface area contributed by atoms with Crippen molar-refractivity contribution in [1.82, 2.24) is 4.57 Å². The van der Waals surface area contributed by atoms with Crippen LogP contribution >= 0.6 is 0 Å². The third-order valence-electron chi connectivity index (χ3n) is 13.5. The van der Waals surface area contributed by atoms with Gasteiger partial charge in [0.05, 0.1) is 33.8 Å². The van der Waals surface area contributed by atoms with Gasteiger partial charge in [-0.15, -0.1) is 0 Å². The molecule has 1 aromatic heterocycles. The van der Waals surface area contributed by atoms with Crippen molar-refractivity contribution >= 4 is 66.7 Å². The summed E-state index contributed by atoms with van der Waals surface area (Å²) in [7, 11) is 0. The molecule has 65 heavy (non-hydrogen) atoms. The van der Waals surface area contributed by atoms with Gasteiger partial charge in [0.15, 0.2) is 11.5 Å². The highest BCUT2D eigenvalue weighted by Crippen LogP contribution is 2.63. The minimum Gasteiger partial charge on any atom is -0.453 e. The van der Waals surface area contributed by atoms with E-state index in [0.29, 0.717) is 0 Å². The Labute approximate surface area is 378 Å². The van der Waals surface area contributed by atoms with Crippen molar-refractivity contribution < 1.29 is 4.74 Å². The monoisotopic (exact) mass is 833 g/mol. The molecule has 0 aliphatic carbocycles. The maximum Gasteiger partial charge on any atom is 0.153 e. The van der Waals surface area contributed by atoms with Crippen molar-refractivity contribution in [2.75, 3.05) is 9.80 Å². The van der Waals surface area contributed by atoms with Crippen LogP contribution in [0, 0.1) is 0 Å². The van der Waals surface area contributed by atoms with Gasteiger partial charge in [-0.3, -0.25) is 4.90 Å². The molecule has 2 aliphatic rings. The van der Waals surface area contributed by atoms with Crippen molar-refractivity contribution in [3.63, 3.8) is 0 Å². The number of nitrogens with zero attached hydrogens (tertiary/aromatic N) is 3. The van der Waals surface area contributed by atoms with E-state index in [-0.39, 0.29) is 5.92 Å². The van der Waals surface area contributed by atoms with E-state index in [9.17, 15) is 0 Å². The molecule has 308 valence electrons. The lowest BCUT2D eigenvalue weighted by Gasteiger charge is -2.44. The highest BCUT2D eigenvalue weighted by Gasteiger charge is 2.38. The van der Waals surface area contributed by atoms with Crippen molar-refractivity contribution in [3.05, 3.63) is 247 Å². The first kappa shape index (κ1) is 37.2. The molecular formula is C61H43N3O. The minimum atomic E-state index is 0.208. The van der Waals surface area contributed by atoms with Crippen LogP contribution in [0.2, 0.25) is 0 Å². The molecule has 0 spiro atoms. The number of hydrogen-bond acceptors (Lipinski definition) is 3. The highest BCUT2D eigenvalue weighted by molar-refractivity contribution is 6.14. The molecule has 0 bridgehead atoms. The standard InChI is InChI=1S/C61H43N3O/c1-4-15-43(16-5-1)44-29-31-45(32-30-44)47(37-41-27-34-54-52(39-41)51-23-12-13-24-53(51)62(54)48-18-6-2-7-19-48)38-42-28-35-55-59(40-42)65-58-26-14-25-56-61(58)64(55)60-50-22-11-10-17-46(50)33-36-57(60)63(56)49-20-8-3-9-21-49/h1-36,39-40,47H,37-38H2/t47-/m1/s1. The number of anilines is 6. The molecule has 4 heteroatoms. The number of fused-ring (bicyclic) bond motifs is 9. The second-order valence-electron chi connectivity index (χ2n) is 17.3. The van der Waals surface area contributed by atoms with Crippen LogP contribution in [0.15, 0.2) is 231 Å². The van der Waals surface area contributed by atoms with Crippen LogP contribution in [0.1, 0.15) is 22.6 Å². The Kier molecular flexibility index (Phi) is 8.70. The van der Waals surface area contributed by atoms with Gasteiger partial charge in [0.2, 0.25) is 0 Å². The van der Waals surface area contributed by atoms with E-state index >= 15 is 0 Å². The molecule has 1 atom stereocenters. The summed E-state index contributed by atoms with van der Waals surface area (Å²) in [6.45, 7) is 0. The lowest BCUT2D eigenvalue weighted by molar-refractivity contribution is 0.476. The van der Waals surface area contributed by atoms with E-state index in [1.54, 1.807) is 0 Å². The number of hydrogen-bond donors (Lipinski definition) is 0. The molecular weight excluding hydrogens is 791 g/mol. The normalized spacial score (nSPS) is 13.0. The fraction of sp³-hybridized carbons (Fsp3) is 0.0492. The molecule has 4 nitrogen and oxygen atoms in total. The third kappa shape index (κ3) is 6.21. The zero-order valence-corrected chi connectivity index (χ0v) is 35.7. The van der Waals surface area contributed by atoms with Gasteiger partial charge < -0.3 is 14.2 Å². The van der Waals surface area contributed by atoms with Gasteiger partial charge in [0.25, 0.3) is 0 Å². The van der Waals surface area contributed by atoms with Crippen LogP contribution in [0.4, 0.5) is 34.1 Å². The van der Waals surface area contributed by atoms with E-state index in [4.69, 9.17) is 4.74 Å². The molecule has 0 fully saturated rings. The molecule has 11 aromatic rings. The number of ether oxygens (including phenoxy) is 1. The highest BCUT2D eigenvalue weighted by atomic mass is 16.5. The van der Waals surface area contributed by atoms with Crippen LogP contribution in [-0.4, -0.2) is 4.57 Å². The van der Waals surface area contributed by atoms with E-state index in [1.165, 1.54) is 66.1 Å². The number of aromatic nitrogens is 1. The van der Waals surface area contributed by atoms with Gasteiger partial charge in [0, 0.05) is 27.5 Å². The Morgan fingerprint density at radius 2 is 0.985 bits per heavy atom. The molecule has 0 radical (unpaired) electrons. The largest absolute Gasteiger partial charge is 0.453 e. The quantitative estimate of drug-likeness (QED) is 0.152. The topological polar surface area (TPSA) is 20.6 Å². The Hall–Kier alpha value is -8.34. The van der Waals surface area contributed by atoms with Gasteiger partial charge in [-0.2, -0.15) is 0 Å². The maximum atomic E-state index is 7.00. The third-order valence-corrected chi connectivity index (χ3v) is 13.5. The Morgan fingerprint density at radius 1 is 0.369 bits per heavy atom. The predicted octanol–water partition coefficient (Wildman–Crippen LogP) is 16.5. The lowest BCUT2D eigenvalue weighted by atomic mass is 9.85. The molecule has 0 unspecified atom stereocenters. The Bertz CT molecular complexity index is 3580. The Morgan fingerprint density at radius 3 is 1.78 bits per heavy atom. The smallest absolute Gasteiger partial charge is 0.153 e. The van der Waals surface area contributed by atoms with Gasteiger partial charge in [0.1, 0.15) is 5.69 Å². The first-order valence-corrected chi connectivity index (χ1v) is 22.6. The van der Waals surface area contributed by atoms with Gasteiger partial charge in [-0.05, 0) is 125 Å². The average Bonchev–Trinajstić information content (AvgIpc) is 3.70. The summed E-state index contributed by atoms with van der Waals surface area (Å²) in [4.78, 5) is 4.83. The molecule has 2 aliphatic heterocycles. The zero-order valence-electron chi connectivity index (χ0n) is 35.7. The summed E-state index contributed by atoms with van der Waals surface area (Å²) in [5.41, 5.74) is 16.5. The molecule has 0 amide bonds. The van der Waals surface area contributed by atoms with Crippen LogP contribution in [0.3, 0.4) is 0 Å². The predicted molar refractivity (Wildman–Crippen MR) is 270 cm³/mol.